The van der Waals surface area contributed by atoms with Gasteiger partial charge in [-0.1, -0.05) is 18.9 Å². The number of halogens is 1. The molecule has 0 spiro atoms. The highest BCUT2D eigenvalue weighted by molar-refractivity contribution is 5.92. The molecule has 1 fully saturated rings. The number of H-pyrrole nitrogens is 1. The fraction of sp³-hybridized carbons (Fsp3) is 0.444. The maximum atomic E-state index is 13.1. The maximum absolute atomic E-state index is 13.1. The molecule has 3 rings (SSSR count). The summed E-state index contributed by atoms with van der Waals surface area (Å²) in [5, 5.41) is 16.4. The van der Waals surface area contributed by atoms with Crippen molar-refractivity contribution in [3.05, 3.63) is 47.5 Å². The number of amides is 1. The SMILES string of the molecule is O=C(c1cc(COc2cccc(F)c2)[nH]n1)N1CCCCC[C@@H]1CO. The molecule has 6 nitrogen and oxygen atoms in total. The van der Waals surface area contributed by atoms with Gasteiger partial charge in [0.1, 0.15) is 18.2 Å². The standard InChI is InChI=1S/C18H22FN3O3/c19-13-5-4-7-16(9-13)25-12-14-10-17(21-20-14)18(24)22-8-3-1-2-6-15(22)11-23/h4-5,7,9-10,15,23H,1-3,6,8,11-12H2,(H,20,21)/t15-/m1/s1. The van der Waals surface area contributed by atoms with Crippen molar-refractivity contribution in [2.24, 2.45) is 0 Å². The Balaban J connectivity index is 1.64. The second-order valence-corrected chi connectivity index (χ2v) is 6.21. The van der Waals surface area contributed by atoms with Gasteiger partial charge in [-0.25, -0.2) is 4.39 Å². The smallest absolute Gasteiger partial charge is 0.274 e. The van der Waals surface area contributed by atoms with Crippen LogP contribution in [0.1, 0.15) is 41.9 Å². The molecule has 0 saturated carbocycles. The molecule has 1 amide bonds. The van der Waals surface area contributed by atoms with E-state index in [0.29, 0.717) is 23.7 Å². The van der Waals surface area contributed by atoms with E-state index in [0.717, 1.165) is 25.7 Å². The van der Waals surface area contributed by atoms with Gasteiger partial charge in [0, 0.05) is 12.6 Å². The number of benzene rings is 1. The summed E-state index contributed by atoms with van der Waals surface area (Å²) in [4.78, 5) is 14.4. The molecule has 2 heterocycles. The lowest BCUT2D eigenvalue weighted by molar-refractivity contribution is 0.0594. The van der Waals surface area contributed by atoms with Crippen molar-refractivity contribution < 1.29 is 19.0 Å². The summed E-state index contributed by atoms with van der Waals surface area (Å²) in [6.07, 6.45) is 3.82. The number of aliphatic hydroxyl groups excluding tert-OH is 1. The molecule has 2 aromatic rings. The van der Waals surface area contributed by atoms with Crippen LogP contribution in [0.3, 0.4) is 0 Å². The van der Waals surface area contributed by atoms with Crippen LogP contribution in [0.15, 0.2) is 30.3 Å². The van der Waals surface area contributed by atoms with E-state index < -0.39 is 0 Å². The first-order valence-electron chi connectivity index (χ1n) is 8.52. The monoisotopic (exact) mass is 347 g/mol. The lowest BCUT2D eigenvalue weighted by atomic mass is 10.1. The summed E-state index contributed by atoms with van der Waals surface area (Å²) >= 11 is 0. The van der Waals surface area contributed by atoms with Crippen LogP contribution in [0.2, 0.25) is 0 Å². The summed E-state index contributed by atoms with van der Waals surface area (Å²) in [5.74, 6) is -0.140. The van der Waals surface area contributed by atoms with Gasteiger partial charge in [-0.15, -0.1) is 0 Å². The Labute approximate surface area is 145 Å². The number of ether oxygens (including phenoxy) is 1. The molecule has 25 heavy (non-hydrogen) atoms. The molecule has 0 radical (unpaired) electrons. The summed E-state index contributed by atoms with van der Waals surface area (Å²) in [5.41, 5.74) is 0.932. The van der Waals surface area contributed by atoms with Crippen molar-refractivity contribution in [2.75, 3.05) is 13.2 Å². The highest BCUT2D eigenvalue weighted by Gasteiger charge is 2.27. The number of aromatic amines is 1. The highest BCUT2D eigenvalue weighted by Crippen LogP contribution is 2.19. The number of carbonyl (C=O) groups excluding carboxylic acids is 1. The van der Waals surface area contributed by atoms with Gasteiger partial charge >= 0.3 is 0 Å². The second-order valence-electron chi connectivity index (χ2n) is 6.21. The third-order valence-corrected chi connectivity index (χ3v) is 4.39. The van der Waals surface area contributed by atoms with E-state index in [1.165, 1.54) is 12.1 Å². The Kier molecular flexibility index (Phi) is 5.65. The topological polar surface area (TPSA) is 78.5 Å². The van der Waals surface area contributed by atoms with E-state index in [-0.39, 0.29) is 31.0 Å². The van der Waals surface area contributed by atoms with Gasteiger partial charge in [0.2, 0.25) is 0 Å². The molecule has 1 aromatic carbocycles. The second kappa shape index (κ2) is 8.11. The average Bonchev–Trinajstić information content (AvgIpc) is 2.96. The van der Waals surface area contributed by atoms with Crippen LogP contribution in [0.25, 0.3) is 0 Å². The number of nitrogens with one attached hydrogen (secondary N) is 1. The van der Waals surface area contributed by atoms with Crippen molar-refractivity contribution in [3.8, 4) is 5.75 Å². The Morgan fingerprint density at radius 2 is 2.24 bits per heavy atom. The number of hydrogen-bond acceptors (Lipinski definition) is 4. The number of aliphatic hydroxyl groups is 1. The van der Waals surface area contributed by atoms with Crippen molar-refractivity contribution in [1.29, 1.82) is 0 Å². The zero-order valence-electron chi connectivity index (χ0n) is 13.9. The fourth-order valence-electron chi connectivity index (χ4n) is 3.04. The molecule has 0 bridgehead atoms. The van der Waals surface area contributed by atoms with Gasteiger partial charge in [0.05, 0.1) is 18.3 Å². The predicted octanol–water partition coefficient (Wildman–Crippen LogP) is 2.50. The number of aromatic nitrogens is 2. The molecule has 0 aliphatic carbocycles. The van der Waals surface area contributed by atoms with Crippen LogP contribution < -0.4 is 4.74 Å². The van der Waals surface area contributed by atoms with Crippen LogP contribution in [0.5, 0.6) is 5.75 Å². The average molecular weight is 347 g/mol. The third-order valence-electron chi connectivity index (χ3n) is 4.39. The number of hydrogen-bond donors (Lipinski definition) is 2. The normalized spacial score (nSPS) is 18.0. The number of nitrogens with zero attached hydrogens (tertiary/aromatic N) is 2. The Morgan fingerprint density at radius 3 is 3.04 bits per heavy atom. The van der Waals surface area contributed by atoms with Crippen LogP contribution >= 0.6 is 0 Å². The van der Waals surface area contributed by atoms with E-state index in [2.05, 4.69) is 10.2 Å². The zero-order valence-corrected chi connectivity index (χ0v) is 13.9. The minimum Gasteiger partial charge on any atom is -0.487 e. The van der Waals surface area contributed by atoms with E-state index in [9.17, 15) is 14.3 Å². The van der Waals surface area contributed by atoms with Gasteiger partial charge in [0.15, 0.2) is 5.69 Å². The Bertz CT molecular complexity index is 719. The van der Waals surface area contributed by atoms with Gasteiger partial charge in [0.25, 0.3) is 5.91 Å². The molecule has 0 unspecified atom stereocenters. The van der Waals surface area contributed by atoms with E-state index in [1.807, 2.05) is 0 Å². The molecular formula is C18H22FN3O3. The maximum Gasteiger partial charge on any atom is 0.274 e. The molecule has 2 N–H and O–H groups in total. The van der Waals surface area contributed by atoms with Crippen molar-refractivity contribution >= 4 is 5.91 Å². The van der Waals surface area contributed by atoms with Gasteiger partial charge in [-0.2, -0.15) is 5.10 Å². The molecule has 134 valence electrons. The summed E-state index contributed by atoms with van der Waals surface area (Å²) < 4.78 is 18.6. The van der Waals surface area contributed by atoms with Crippen molar-refractivity contribution in [2.45, 2.75) is 38.3 Å². The lowest BCUT2D eigenvalue weighted by Crippen LogP contribution is -2.42. The van der Waals surface area contributed by atoms with Crippen molar-refractivity contribution in [3.63, 3.8) is 0 Å². The zero-order chi connectivity index (χ0) is 17.6. The van der Waals surface area contributed by atoms with Crippen LogP contribution in [-0.2, 0) is 6.61 Å². The molecular weight excluding hydrogens is 325 g/mol. The molecule has 1 aliphatic heterocycles. The molecule has 1 aromatic heterocycles. The largest absolute Gasteiger partial charge is 0.487 e. The van der Waals surface area contributed by atoms with Gasteiger partial charge in [-0.05, 0) is 31.0 Å². The predicted molar refractivity (Wildman–Crippen MR) is 89.7 cm³/mol. The highest BCUT2D eigenvalue weighted by atomic mass is 19.1. The lowest BCUT2D eigenvalue weighted by Gasteiger charge is -2.27. The molecule has 1 atom stereocenters. The van der Waals surface area contributed by atoms with Gasteiger partial charge < -0.3 is 14.7 Å². The Hall–Kier alpha value is -2.41. The quantitative estimate of drug-likeness (QED) is 0.871. The van der Waals surface area contributed by atoms with Crippen LogP contribution in [-0.4, -0.2) is 45.3 Å². The van der Waals surface area contributed by atoms with Crippen molar-refractivity contribution in [1.82, 2.24) is 15.1 Å². The summed E-state index contributed by atoms with van der Waals surface area (Å²) in [6, 6.07) is 7.36. The number of carbonyl (C=O) groups is 1. The first kappa shape index (κ1) is 17.4. The number of likely N-dealkylation sites (tertiary alicyclic amines) is 1. The van der Waals surface area contributed by atoms with Crippen LogP contribution in [0, 0.1) is 5.82 Å². The van der Waals surface area contributed by atoms with E-state index >= 15 is 0 Å². The van der Waals surface area contributed by atoms with E-state index in [4.69, 9.17) is 4.74 Å². The van der Waals surface area contributed by atoms with E-state index in [1.54, 1.807) is 23.1 Å². The third kappa shape index (κ3) is 4.36. The fourth-order valence-corrected chi connectivity index (χ4v) is 3.04. The molecule has 1 aliphatic rings. The number of rotatable bonds is 5. The van der Waals surface area contributed by atoms with Gasteiger partial charge in [-0.3, -0.25) is 9.89 Å². The first-order chi connectivity index (χ1) is 12.2. The molecule has 1 saturated heterocycles. The molecule has 7 heteroatoms. The minimum absolute atomic E-state index is 0.0360. The summed E-state index contributed by atoms with van der Waals surface area (Å²) in [6.45, 7) is 0.755. The summed E-state index contributed by atoms with van der Waals surface area (Å²) in [7, 11) is 0. The van der Waals surface area contributed by atoms with Crippen LogP contribution in [0.4, 0.5) is 4.39 Å². The first-order valence-corrected chi connectivity index (χ1v) is 8.52. The Morgan fingerprint density at radius 1 is 1.36 bits per heavy atom. The minimum atomic E-state index is -0.366.